The number of benzene rings is 1. The van der Waals surface area contributed by atoms with E-state index in [1.165, 1.54) is 12.1 Å². The molecule has 0 saturated carbocycles. The minimum atomic E-state index is -1.15. The molecule has 0 radical (unpaired) electrons. The lowest BCUT2D eigenvalue weighted by Gasteiger charge is -2.21. The zero-order chi connectivity index (χ0) is 16.8. The van der Waals surface area contributed by atoms with Crippen molar-refractivity contribution in [3.8, 4) is 0 Å². The molecule has 2 amide bonds. The van der Waals surface area contributed by atoms with Gasteiger partial charge in [0.15, 0.2) is 0 Å². The van der Waals surface area contributed by atoms with Crippen molar-refractivity contribution in [3.63, 3.8) is 0 Å². The first-order valence-electron chi connectivity index (χ1n) is 7.18. The van der Waals surface area contributed by atoms with Crippen molar-refractivity contribution < 1.29 is 19.5 Å². The van der Waals surface area contributed by atoms with Crippen LogP contribution in [-0.4, -0.2) is 36.0 Å². The molecule has 0 heterocycles. The number of carbonyl (C=O) groups is 3. The third kappa shape index (κ3) is 4.58. The molecule has 0 unspecified atom stereocenters. The maximum Gasteiger partial charge on any atom is 0.336 e. The van der Waals surface area contributed by atoms with Crippen LogP contribution >= 0.6 is 0 Å². The van der Waals surface area contributed by atoms with Gasteiger partial charge >= 0.3 is 5.97 Å². The van der Waals surface area contributed by atoms with Gasteiger partial charge < -0.3 is 15.7 Å². The van der Waals surface area contributed by atoms with Gasteiger partial charge in [-0.3, -0.25) is 9.59 Å². The summed E-state index contributed by atoms with van der Waals surface area (Å²) >= 11 is 0. The number of carboxylic acids is 1. The maximum absolute atomic E-state index is 12.0. The molecular formula is C16H22N2O4. The van der Waals surface area contributed by atoms with Crippen molar-refractivity contribution in [1.29, 1.82) is 0 Å². The van der Waals surface area contributed by atoms with Crippen molar-refractivity contribution in [3.05, 3.63) is 35.4 Å². The van der Waals surface area contributed by atoms with E-state index in [1.807, 2.05) is 20.8 Å². The van der Waals surface area contributed by atoms with Gasteiger partial charge in [0.05, 0.1) is 11.1 Å². The zero-order valence-corrected chi connectivity index (χ0v) is 13.1. The Morgan fingerprint density at radius 1 is 1.05 bits per heavy atom. The molecule has 0 bridgehead atoms. The SMILES string of the molecule is CCC(C)(C)C(=O)NCCNC(=O)c1ccccc1C(=O)O. The highest BCUT2D eigenvalue weighted by Crippen LogP contribution is 2.18. The van der Waals surface area contributed by atoms with Gasteiger partial charge in [0.1, 0.15) is 0 Å². The van der Waals surface area contributed by atoms with Crippen LogP contribution in [0, 0.1) is 5.41 Å². The van der Waals surface area contributed by atoms with Crippen LogP contribution in [0.1, 0.15) is 47.9 Å². The second-order valence-corrected chi connectivity index (χ2v) is 5.60. The number of amides is 2. The minimum Gasteiger partial charge on any atom is -0.478 e. The standard InChI is InChI=1S/C16H22N2O4/c1-4-16(2,3)15(22)18-10-9-17-13(19)11-7-5-6-8-12(11)14(20)21/h5-8H,4,9-10H2,1-3H3,(H,17,19)(H,18,22)(H,20,21). The van der Waals surface area contributed by atoms with Crippen LogP contribution in [0.25, 0.3) is 0 Å². The van der Waals surface area contributed by atoms with Gasteiger partial charge in [0.2, 0.25) is 5.91 Å². The van der Waals surface area contributed by atoms with Crippen LogP contribution in [0.15, 0.2) is 24.3 Å². The van der Waals surface area contributed by atoms with Crippen molar-refractivity contribution in [1.82, 2.24) is 10.6 Å². The van der Waals surface area contributed by atoms with E-state index in [-0.39, 0.29) is 23.6 Å². The quantitative estimate of drug-likeness (QED) is 0.668. The largest absolute Gasteiger partial charge is 0.478 e. The first-order chi connectivity index (χ1) is 10.3. The molecule has 22 heavy (non-hydrogen) atoms. The van der Waals surface area contributed by atoms with Crippen LogP contribution in [0.2, 0.25) is 0 Å². The van der Waals surface area contributed by atoms with E-state index < -0.39 is 17.3 Å². The van der Waals surface area contributed by atoms with Crippen LogP contribution in [0.5, 0.6) is 0 Å². The second-order valence-electron chi connectivity index (χ2n) is 5.60. The molecule has 6 nitrogen and oxygen atoms in total. The lowest BCUT2D eigenvalue weighted by atomic mass is 9.89. The van der Waals surface area contributed by atoms with Gasteiger partial charge in [-0.15, -0.1) is 0 Å². The van der Waals surface area contributed by atoms with E-state index in [2.05, 4.69) is 10.6 Å². The summed E-state index contributed by atoms with van der Waals surface area (Å²) in [6.45, 7) is 6.17. The summed E-state index contributed by atoms with van der Waals surface area (Å²) in [5.74, 6) is -1.69. The van der Waals surface area contributed by atoms with E-state index >= 15 is 0 Å². The maximum atomic E-state index is 12.0. The topological polar surface area (TPSA) is 95.5 Å². The van der Waals surface area contributed by atoms with Crippen molar-refractivity contribution in [2.75, 3.05) is 13.1 Å². The monoisotopic (exact) mass is 306 g/mol. The molecule has 0 saturated heterocycles. The average Bonchev–Trinajstić information content (AvgIpc) is 2.50. The molecule has 1 rings (SSSR count). The van der Waals surface area contributed by atoms with Crippen molar-refractivity contribution in [2.24, 2.45) is 5.41 Å². The number of nitrogens with one attached hydrogen (secondary N) is 2. The molecule has 0 atom stereocenters. The number of hydrogen-bond acceptors (Lipinski definition) is 3. The second kappa shape index (κ2) is 7.59. The average molecular weight is 306 g/mol. The predicted octanol–water partition coefficient (Wildman–Crippen LogP) is 1.67. The first kappa shape index (κ1) is 17.7. The van der Waals surface area contributed by atoms with Gasteiger partial charge in [0, 0.05) is 18.5 Å². The molecule has 6 heteroatoms. The lowest BCUT2D eigenvalue weighted by Crippen LogP contribution is -2.41. The fraction of sp³-hybridized carbons (Fsp3) is 0.438. The van der Waals surface area contributed by atoms with Crippen molar-refractivity contribution in [2.45, 2.75) is 27.2 Å². The minimum absolute atomic E-state index is 0.0452. The highest BCUT2D eigenvalue weighted by Gasteiger charge is 2.24. The zero-order valence-electron chi connectivity index (χ0n) is 13.1. The molecule has 1 aromatic carbocycles. The normalized spacial score (nSPS) is 10.9. The number of carboxylic acid groups (broad SMARTS) is 1. The smallest absolute Gasteiger partial charge is 0.336 e. The summed E-state index contributed by atoms with van der Waals surface area (Å²) in [6.07, 6.45) is 0.719. The molecule has 3 N–H and O–H groups in total. The van der Waals surface area contributed by atoms with Crippen molar-refractivity contribution >= 4 is 17.8 Å². The van der Waals surface area contributed by atoms with Crippen LogP contribution in [-0.2, 0) is 4.79 Å². The summed E-state index contributed by atoms with van der Waals surface area (Å²) in [4.78, 5) is 34.9. The first-order valence-corrected chi connectivity index (χ1v) is 7.18. The number of aromatic carboxylic acids is 1. The van der Waals surface area contributed by atoms with Crippen LogP contribution < -0.4 is 10.6 Å². The van der Waals surface area contributed by atoms with Gasteiger partial charge in [-0.05, 0) is 18.6 Å². The van der Waals surface area contributed by atoms with Crippen LogP contribution in [0.4, 0.5) is 0 Å². The predicted molar refractivity (Wildman–Crippen MR) is 82.8 cm³/mol. The fourth-order valence-corrected chi connectivity index (χ4v) is 1.71. The van der Waals surface area contributed by atoms with Gasteiger partial charge in [-0.1, -0.05) is 32.9 Å². The molecular weight excluding hydrogens is 284 g/mol. The highest BCUT2D eigenvalue weighted by atomic mass is 16.4. The third-order valence-electron chi connectivity index (χ3n) is 3.60. The Kier molecular flexibility index (Phi) is 6.10. The molecule has 0 aliphatic carbocycles. The van der Waals surface area contributed by atoms with Crippen LogP contribution in [0.3, 0.4) is 0 Å². The summed E-state index contributed by atoms with van der Waals surface area (Å²) in [7, 11) is 0. The molecule has 0 spiro atoms. The molecule has 1 aromatic rings. The summed E-state index contributed by atoms with van der Waals surface area (Å²) < 4.78 is 0. The Labute approximate surface area is 129 Å². The summed E-state index contributed by atoms with van der Waals surface area (Å²) in [6, 6.07) is 6.00. The van der Waals surface area contributed by atoms with Gasteiger partial charge in [0.25, 0.3) is 5.91 Å². The molecule has 120 valence electrons. The van der Waals surface area contributed by atoms with Gasteiger partial charge in [-0.2, -0.15) is 0 Å². The van der Waals surface area contributed by atoms with E-state index in [1.54, 1.807) is 12.1 Å². The van der Waals surface area contributed by atoms with E-state index in [0.717, 1.165) is 6.42 Å². The third-order valence-corrected chi connectivity index (χ3v) is 3.60. The Balaban J connectivity index is 2.52. The molecule has 0 aromatic heterocycles. The molecule has 0 aliphatic heterocycles. The summed E-state index contributed by atoms with van der Waals surface area (Å²) in [5, 5.41) is 14.4. The lowest BCUT2D eigenvalue weighted by molar-refractivity contribution is -0.129. The highest BCUT2D eigenvalue weighted by molar-refractivity contribution is 6.04. The molecule has 0 fully saturated rings. The van der Waals surface area contributed by atoms with Gasteiger partial charge in [-0.25, -0.2) is 4.79 Å². The number of rotatable bonds is 7. The van der Waals surface area contributed by atoms with E-state index in [4.69, 9.17) is 5.11 Å². The number of hydrogen-bond donors (Lipinski definition) is 3. The van der Waals surface area contributed by atoms with E-state index in [0.29, 0.717) is 6.54 Å². The Hall–Kier alpha value is -2.37. The van der Waals surface area contributed by atoms with E-state index in [9.17, 15) is 14.4 Å². The Morgan fingerprint density at radius 3 is 2.14 bits per heavy atom. The Bertz CT molecular complexity index is 567. The molecule has 0 aliphatic rings. The Morgan fingerprint density at radius 2 is 1.59 bits per heavy atom. The number of carbonyl (C=O) groups excluding carboxylic acids is 2. The summed E-state index contributed by atoms with van der Waals surface area (Å²) in [5.41, 5.74) is -0.383. The fourth-order valence-electron chi connectivity index (χ4n) is 1.71.